The fourth-order valence-corrected chi connectivity index (χ4v) is 6.07. The number of carbonyl (C=O) groups excluding carboxylic acids is 2. The number of hydrogen-bond donors (Lipinski definition) is 0. The van der Waals surface area contributed by atoms with Crippen molar-refractivity contribution in [3.8, 4) is 0 Å². The second-order valence-corrected chi connectivity index (χ2v) is 7.80. The molecule has 1 unspecified atom stereocenters. The Labute approximate surface area is 129 Å². The van der Waals surface area contributed by atoms with Gasteiger partial charge >= 0.3 is 0 Å². The van der Waals surface area contributed by atoms with Crippen LogP contribution in [0.4, 0.5) is 0 Å². The minimum Gasteiger partial charge on any atom is -0.288 e. The lowest BCUT2D eigenvalue weighted by Crippen LogP contribution is -2.67. The van der Waals surface area contributed by atoms with Crippen molar-refractivity contribution in [2.45, 2.75) is 15.1 Å². The smallest absolute Gasteiger partial charge is 0.227 e. The van der Waals surface area contributed by atoms with Gasteiger partial charge in [0.25, 0.3) is 0 Å². The molecule has 0 spiro atoms. The van der Waals surface area contributed by atoms with Gasteiger partial charge in [-0.05, 0) is 17.9 Å². The molecule has 4 bridgehead atoms. The van der Waals surface area contributed by atoms with Gasteiger partial charge < -0.3 is 0 Å². The van der Waals surface area contributed by atoms with E-state index in [-0.39, 0.29) is 34.1 Å². The summed E-state index contributed by atoms with van der Waals surface area (Å²) in [7, 11) is 0. The van der Waals surface area contributed by atoms with E-state index in [1.807, 2.05) is 12.2 Å². The molecule has 0 saturated heterocycles. The first-order valence-corrected chi connectivity index (χ1v) is 7.59. The summed E-state index contributed by atoms with van der Waals surface area (Å²) in [5.41, 5.74) is 0. The fourth-order valence-electron chi connectivity index (χ4n) is 4.25. The van der Waals surface area contributed by atoms with Gasteiger partial charge in [-0.3, -0.25) is 9.59 Å². The minimum atomic E-state index is -1.47. The molecule has 100 valence electrons. The first kappa shape index (κ1) is 12.7. The van der Waals surface area contributed by atoms with E-state index in [1.54, 1.807) is 0 Å². The third-order valence-electron chi connectivity index (χ3n) is 5.02. The average molecular weight is 338 g/mol. The molecular weight excluding hydrogens is 330 g/mol. The summed E-state index contributed by atoms with van der Waals surface area (Å²) in [4.78, 5) is 21.7. The lowest BCUT2D eigenvalue weighted by atomic mass is 9.57. The second kappa shape index (κ2) is 3.41. The molecule has 2 nitrogen and oxygen atoms in total. The number of Topliss-reactive ketones (excluding diaryl/α,β-unsaturated/α-hetero) is 2. The highest BCUT2D eigenvalue weighted by Crippen LogP contribution is 2.68. The molecule has 0 heterocycles. The maximum Gasteiger partial charge on any atom is 0.227 e. The Hall–Kier alpha value is -0.0200. The zero-order valence-electron chi connectivity index (χ0n) is 9.45. The number of allylic oxidation sites excluding steroid dienone is 4. The van der Waals surface area contributed by atoms with Crippen LogP contribution in [0.3, 0.4) is 0 Å². The monoisotopic (exact) mass is 336 g/mol. The van der Waals surface area contributed by atoms with E-state index in [1.165, 1.54) is 6.08 Å². The van der Waals surface area contributed by atoms with Crippen molar-refractivity contribution in [2.75, 3.05) is 0 Å². The van der Waals surface area contributed by atoms with Crippen LogP contribution >= 0.6 is 46.4 Å². The first-order valence-electron chi connectivity index (χ1n) is 6.01. The number of fused-ring (bicyclic) bond motifs is 3. The van der Waals surface area contributed by atoms with Crippen molar-refractivity contribution in [2.24, 2.45) is 23.7 Å². The Balaban J connectivity index is 2.02. The fraction of sp³-hybridized carbons (Fsp3) is 0.538. The van der Waals surface area contributed by atoms with Crippen LogP contribution in [0.25, 0.3) is 0 Å². The molecule has 2 saturated carbocycles. The molecule has 5 aliphatic carbocycles. The van der Waals surface area contributed by atoms with Crippen LogP contribution in [-0.2, 0) is 9.59 Å². The third kappa shape index (κ3) is 1.12. The van der Waals surface area contributed by atoms with E-state index in [9.17, 15) is 9.59 Å². The van der Waals surface area contributed by atoms with Crippen molar-refractivity contribution in [3.63, 3.8) is 0 Å². The van der Waals surface area contributed by atoms with Crippen LogP contribution in [0.2, 0.25) is 0 Å². The molecule has 0 aromatic heterocycles. The summed E-state index contributed by atoms with van der Waals surface area (Å²) in [6.45, 7) is 0. The highest BCUT2D eigenvalue weighted by atomic mass is 35.5. The summed E-state index contributed by atoms with van der Waals surface area (Å²) in [6.07, 6.45) is 5.40. The predicted octanol–water partition coefficient (Wildman–Crippen LogP) is 2.89. The molecule has 0 amide bonds. The molecular formula is C13H8Cl4O2. The summed E-state index contributed by atoms with van der Waals surface area (Å²) >= 11 is 25.5. The second-order valence-electron chi connectivity index (χ2n) is 5.67. The quantitative estimate of drug-likeness (QED) is 0.387. The number of alkyl halides is 3. The normalized spacial score (nSPS) is 57.7. The van der Waals surface area contributed by atoms with Crippen molar-refractivity contribution in [3.05, 3.63) is 23.3 Å². The van der Waals surface area contributed by atoms with Gasteiger partial charge in [0.1, 0.15) is 9.75 Å². The Kier molecular flexibility index (Phi) is 2.28. The van der Waals surface area contributed by atoms with E-state index in [2.05, 4.69) is 0 Å². The number of hydrogen-bond acceptors (Lipinski definition) is 2. The maximum absolute atomic E-state index is 12.3. The third-order valence-corrected chi connectivity index (χ3v) is 7.27. The highest BCUT2D eigenvalue weighted by molar-refractivity contribution is 6.66. The van der Waals surface area contributed by atoms with Crippen LogP contribution in [0.5, 0.6) is 0 Å². The number of rotatable bonds is 0. The van der Waals surface area contributed by atoms with Gasteiger partial charge in [-0.1, -0.05) is 23.8 Å². The number of halogens is 4. The number of carbonyl (C=O) groups is 2. The predicted molar refractivity (Wildman–Crippen MR) is 73.9 cm³/mol. The van der Waals surface area contributed by atoms with Crippen LogP contribution in [0.15, 0.2) is 23.3 Å². The molecule has 5 rings (SSSR count). The zero-order chi connectivity index (χ0) is 13.7. The van der Waals surface area contributed by atoms with Crippen molar-refractivity contribution < 1.29 is 9.59 Å². The van der Waals surface area contributed by atoms with Crippen LogP contribution in [0, 0.1) is 23.7 Å². The highest BCUT2D eigenvalue weighted by Gasteiger charge is 2.75. The maximum atomic E-state index is 12.3. The largest absolute Gasteiger partial charge is 0.288 e. The van der Waals surface area contributed by atoms with Gasteiger partial charge in [0.2, 0.25) is 11.6 Å². The zero-order valence-corrected chi connectivity index (χ0v) is 12.5. The molecule has 0 aromatic carbocycles. The van der Waals surface area contributed by atoms with E-state index in [0.717, 1.165) is 0 Å². The first-order chi connectivity index (χ1) is 8.83. The molecule has 5 aliphatic rings. The molecule has 0 N–H and O–H groups in total. The van der Waals surface area contributed by atoms with Crippen molar-refractivity contribution in [1.82, 2.24) is 0 Å². The molecule has 0 aromatic rings. The summed E-state index contributed by atoms with van der Waals surface area (Å²) < 4.78 is 0. The topological polar surface area (TPSA) is 34.1 Å². The van der Waals surface area contributed by atoms with E-state index < -0.39 is 21.3 Å². The molecule has 0 aliphatic heterocycles. The van der Waals surface area contributed by atoms with Gasteiger partial charge in [0.15, 0.2) is 0 Å². The van der Waals surface area contributed by atoms with E-state index in [4.69, 9.17) is 46.4 Å². The molecule has 7 atom stereocenters. The lowest BCUT2D eigenvalue weighted by molar-refractivity contribution is -0.144. The Morgan fingerprint density at radius 3 is 2.21 bits per heavy atom. The van der Waals surface area contributed by atoms with Gasteiger partial charge in [-0.15, -0.1) is 34.8 Å². The van der Waals surface area contributed by atoms with Crippen molar-refractivity contribution >= 4 is 58.0 Å². The number of ketones is 2. The molecule has 0 radical (unpaired) electrons. The molecule has 19 heavy (non-hydrogen) atoms. The van der Waals surface area contributed by atoms with Crippen LogP contribution in [0.1, 0.15) is 0 Å². The van der Waals surface area contributed by atoms with Gasteiger partial charge in [0, 0.05) is 22.2 Å². The Morgan fingerprint density at radius 2 is 1.58 bits per heavy atom. The summed E-state index contributed by atoms with van der Waals surface area (Å²) in [6, 6.07) is 0. The Morgan fingerprint density at radius 1 is 1.00 bits per heavy atom. The lowest BCUT2D eigenvalue weighted by Gasteiger charge is -2.53. The Bertz CT molecular complexity index is 597. The molecule has 2 fully saturated rings. The van der Waals surface area contributed by atoms with E-state index >= 15 is 0 Å². The standard InChI is InChI=1S/C13H8Cl4O2/c14-6-3-12(16)7-4-1-2-5(9(4)15)8(7)13(6,17)11(19)10(12)18/h1-5,7-9H/t4-,5+,7-,8+,9?,12-,13+/m1/s1. The SMILES string of the molecule is O=C1C(=O)[C@@]2(Cl)C=C(Cl)[C@]1(Cl)[C@@H]1[C@H]2[C@H]2C=C[C@@H]1C2Cl. The van der Waals surface area contributed by atoms with Gasteiger partial charge in [-0.25, -0.2) is 0 Å². The van der Waals surface area contributed by atoms with Crippen LogP contribution < -0.4 is 0 Å². The minimum absolute atomic E-state index is 0.0367. The summed E-state index contributed by atoms with van der Waals surface area (Å²) in [5, 5.41) is -0.0132. The molecule has 6 heteroatoms. The summed E-state index contributed by atoms with van der Waals surface area (Å²) in [5.74, 6) is -2.00. The van der Waals surface area contributed by atoms with Crippen LogP contribution in [-0.4, -0.2) is 26.7 Å². The van der Waals surface area contributed by atoms with E-state index in [0.29, 0.717) is 0 Å². The van der Waals surface area contributed by atoms with Crippen molar-refractivity contribution in [1.29, 1.82) is 0 Å². The van der Waals surface area contributed by atoms with Gasteiger partial charge in [-0.2, -0.15) is 0 Å². The van der Waals surface area contributed by atoms with Gasteiger partial charge in [0.05, 0.1) is 0 Å². The average Bonchev–Trinajstić information content (AvgIpc) is 2.87.